The summed E-state index contributed by atoms with van der Waals surface area (Å²) < 4.78 is 1.07. The quantitative estimate of drug-likeness (QED) is 0.555. The van der Waals surface area contributed by atoms with Crippen LogP contribution in [0.5, 0.6) is 5.88 Å². The Labute approximate surface area is 165 Å². The summed E-state index contributed by atoms with van der Waals surface area (Å²) in [6, 6.07) is 14.9. The number of hydrogen-bond donors (Lipinski definition) is 3. The number of aromatic amines is 1. The minimum atomic E-state index is -1.06. The van der Waals surface area contributed by atoms with Crippen LogP contribution in [-0.2, 0) is 6.54 Å². The summed E-state index contributed by atoms with van der Waals surface area (Å²) in [4.78, 5) is 42.2. The molecule has 2 aromatic carbocycles. The number of aromatic nitrogens is 2. The summed E-state index contributed by atoms with van der Waals surface area (Å²) >= 11 is 0. The number of carboxylic acids is 1. The van der Waals surface area contributed by atoms with E-state index >= 15 is 0 Å². The number of nitrogens with one attached hydrogen (secondary N) is 1. The zero-order valence-electron chi connectivity index (χ0n) is 15.6. The minimum Gasteiger partial charge on any atom is -0.494 e. The van der Waals surface area contributed by atoms with E-state index < -0.39 is 23.1 Å². The van der Waals surface area contributed by atoms with Gasteiger partial charge in [0.2, 0.25) is 5.88 Å². The lowest BCUT2D eigenvalue weighted by Crippen LogP contribution is -2.34. The van der Waals surface area contributed by atoms with E-state index in [-0.39, 0.29) is 23.4 Å². The highest BCUT2D eigenvalue weighted by molar-refractivity contribution is 6.03. The van der Waals surface area contributed by atoms with Crippen molar-refractivity contribution >= 4 is 17.4 Å². The van der Waals surface area contributed by atoms with E-state index in [1.54, 1.807) is 19.1 Å². The predicted molar refractivity (Wildman–Crippen MR) is 108 cm³/mol. The van der Waals surface area contributed by atoms with Gasteiger partial charge in [-0.2, -0.15) is 0 Å². The lowest BCUT2D eigenvalue weighted by molar-refractivity contribution is 0.0697. The zero-order valence-corrected chi connectivity index (χ0v) is 15.6. The average molecular weight is 393 g/mol. The molecule has 8 heteroatoms. The van der Waals surface area contributed by atoms with Gasteiger partial charge in [0.1, 0.15) is 5.56 Å². The highest BCUT2D eigenvalue weighted by atomic mass is 16.4. The molecule has 0 radical (unpaired) electrons. The number of benzene rings is 2. The third kappa shape index (κ3) is 4.32. The van der Waals surface area contributed by atoms with Crippen molar-refractivity contribution in [2.75, 3.05) is 0 Å². The Bertz CT molecular complexity index is 1180. The molecule has 0 aliphatic heterocycles. The van der Waals surface area contributed by atoms with Crippen LogP contribution in [0.1, 0.15) is 34.8 Å². The van der Waals surface area contributed by atoms with Crippen molar-refractivity contribution in [3.8, 4) is 5.88 Å². The van der Waals surface area contributed by atoms with E-state index in [2.05, 4.69) is 9.98 Å². The Morgan fingerprint density at radius 2 is 1.72 bits per heavy atom. The number of H-pyrrole nitrogens is 1. The van der Waals surface area contributed by atoms with Crippen LogP contribution in [0.2, 0.25) is 0 Å². The van der Waals surface area contributed by atoms with Gasteiger partial charge >= 0.3 is 11.7 Å². The molecule has 0 saturated carbocycles. The Hall–Kier alpha value is -3.94. The van der Waals surface area contributed by atoms with E-state index in [4.69, 9.17) is 5.11 Å². The highest BCUT2D eigenvalue weighted by Crippen LogP contribution is 2.20. The van der Waals surface area contributed by atoms with Crippen molar-refractivity contribution < 1.29 is 15.0 Å². The van der Waals surface area contributed by atoms with Crippen LogP contribution >= 0.6 is 0 Å². The van der Waals surface area contributed by atoms with Gasteiger partial charge in [-0.15, -0.1) is 0 Å². The smallest absolute Gasteiger partial charge is 0.335 e. The van der Waals surface area contributed by atoms with Gasteiger partial charge in [-0.25, -0.2) is 9.59 Å². The Morgan fingerprint density at radius 3 is 2.31 bits per heavy atom. The Morgan fingerprint density at radius 1 is 1.07 bits per heavy atom. The van der Waals surface area contributed by atoms with E-state index in [0.717, 1.165) is 10.1 Å². The molecule has 0 aliphatic carbocycles. The predicted octanol–water partition coefficient (Wildman–Crippen LogP) is 2.52. The van der Waals surface area contributed by atoms with Gasteiger partial charge in [0.15, 0.2) is 0 Å². The monoisotopic (exact) mass is 393 g/mol. The first-order valence-electron chi connectivity index (χ1n) is 8.92. The fourth-order valence-corrected chi connectivity index (χ4v) is 2.88. The van der Waals surface area contributed by atoms with Crippen molar-refractivity contribution in [2.24, 2.45) is 4.99 Å². The molecular weight excluding hydrogens is 374 g/mol. The standard InChI is InChI=1S/C21H19N3O5/c1-2-16(22-15-10-8-14(9-11-15)20(27)28)17-18(25)23-21(29)24(19(17)26)12-13-6-4-3-5-7-13/h3-11,26H,2,12H2,1H3,(H,27,28)(H,23,25,29). The van der Waals surface area contributed by atoms with Crippen LogP contribution in [0.15, 0.2) is 69.2 Å². The molecule has 3 rings (SSSR count). The van der Waals surface area contributed by atoms with Crippen molar-refractivity contribution in [3.63, 3.8) is 0 Å². The second-order valence-electron chi connectivity index (χ2n) is 6.29. The third-order valence-corrected chi connectivity index (χ3v) is 4.36. The van der Waals surface area contributed by atoms with Crippen LogP contribution < -0.4 is 11.2 Å². The summed E-state index contributed by atoms with van der Waals surface area (Å²) in [5, 5.41) is 19.7. The molecule has 8 nitrogen and oxygen atoms in total. The first kappa shape index (κ1) is 19.8. The molecule has 0 fully saturated rings. The molecule has 0 atom stereocenters. The summed E-state index contributed by atoms with van der Waals surface area (Å²) in [5.74, 6) is -1.52. The van der Waals surface area contributed by atoms with Gasteiger partial charge in [-0.1, -0.05) is 37.3 Å². The molecule has 1 heterocycles. The first-order chi connectivity index (χ1) is 13.9. The number of rotatable bonds is 6. The maximum absolute atomic E-state index is 12.4. The number of carbonyl (C=O) groups is 1. The Kier molecular flexibility index (Phi) is 5.73. The average Bonchev–Trinajstić information content (AvgIpc) is 2.71. The topological polar surface area (TPSA) is 125 Å². The molecule has 0 aliphatic rings. The number of nitrogens with zero attached hydrogens (tertiary/aromatic N) is 2. The van der Waals surface area contributed by atoms with Gasteiger partial charge in [0.05, 0.1) is 23.5 Å². The molecular formula is C21H19N3O5. The first-order valence-corrected chi connectivity index (χ1v) is 8.92. The molecule has 1 aromatic heterocycles. The molecule has 3 aromatic rings. The van der Waals surface area contributed by atoms with Gasteiger partial charge in [-0.05, 0) is 36.2 Å². The summed E-state index contributed by atoms with van der Waals surface area (Å²) in [6.45, 7) is 1.84. The van der Waals surface area contributed by atoms with Crippen molar-refractivity contribution in [1.82, 2.24) is 9.55 Å². The lowest BCUT2D eigenvalue weighted by Gasteiger charge is -2.12. The summed E-state index contributed by atoms with van der Waals surface area (Å²) in [7, 11) is 0. The van der Waals surface area contributed by atoms with Crippen LogP contribution in [-0.4, -0.2) is 31.4 Å². The maximum Gasteiger partial charge on any atom is 0.335 e. The largest absolute Gasteiger partial charge is 0.494 e. The molecule has 29 heavy (non-hydrogen) atoms. The van der Waals surface area contributed by atoms with Crippen LogP contribution in [0.3, 0.4) is 0 Å². The fourth-order valence-electron chi connectivity index (χ4n) is 2.88. The van der Waals surface area contributed by atoms with Crippen LogP contribution in [0, 0.1) is 0 Å². The molecule has 0 bridgehead atoms. The molecule has 0 spiro atoms. The normalized spacial score (nSPS) is 11.4. The number of carboxylic acid groups (broad SMARTS) is 1. The van der Waals surface area contributed by atoms with Crippen molar-refractivity contribution in [1.29, 1.82) is 0 Å². The van der Waals surface area contributed by atoms with E-state index in [0.29, 0.717) is 12.1 Å². The number of aromatic carboxylic acids is 1. The molecule has 0 saturated heterocycles. The van der Waals surface area contributed by atoms with E-state index in [9.17, 15) is 19.5 Å². The summed E-state index contributed by atoms with van der Waals surface area (Å²) in [6.07, 6.45) is 0.306. The maximum atomic E-state index is 12.4. The van der Waals surface area contributed by atoms with Crippen LogP contribution in [0.4, 0.5) is 5.69 Å². The molecule has 0 amide bonds. The summed E-state index contributed by atoms with van der Waals surface area (Å²) in [5.41, 5.74) is 0.0348. The minimum absolute atomic E-state index is 0.0829. The van der Waals surface area contributed by atoms with Crippen LogP contribution in [0.25, 0.3) is 0 Å². The van der Waals surface area contributed by atoms with Crippen molar-refractivity contribution in [2.45, 2.75) is 19.9 Å². The van der Waals surface area contributed by atoms with Gasteiger partial charge in [0, 0.05) is 0 Å². The van der Waals surface area contributed by atoms with Gasteiger partial charge < -0.3 is 10.2 Å². The van der Waals surface area contributed by atoms with Gasteiger partial charge in [-0.3, -0.25) is 19.3 Å². The SMILES string of the molecule is CCC(=Nc1ccc(C(=O)O)cc1)c1c(O)n(Cc2ccccc2)c(=O)[nH]c1=O. The number of aromatic hydroxyl groups is 1. The van der Waals surface area contributed by atoms with Gasteiger partial charge in [0.25, 0.3) is 5.56 Å². The van der Waals surface area contributed by atoms with E-state index in [1.165, 1.54) is 24.3 Å². The zero-order chi connectivity index (χ0) is 21.0. The lowest BCUT2D eigenvalue weighted by atomic mass is 10.1. The third-order valence-electron chi connectivity index (χ3n) is 4.36. The fraction of sp³-hybridized carbons (Fsp3) is 0.143. The Balaban J connectivity index is 2.08. The molecule has 3 N–H and O–H groups in total. The molecule has 0 unspecified atom stereocenters. The van der Waals surface area contributed by atoms with E-state index in [1.807, 2.05) is 18.2 Å². The second-order valence-corrected chi connectivity index (χ2v) is 6.29. The highest BCUT2D eigenvalue weighted by Gasteiger charge is 2.18. The van der Waals surface area contributed by atoms with Crippen molar-refractivity contribution in [3.05, 3.63) is 92.1 Å². The molecule has 148 valence electrons. The number of hydrogen-bond acceptors (Lipinski definition) is 5. The second kappa shape index (κ2) is 8.39. The number of aliphatic imine (C=N–C) groups is 1.